The van der Waals surface area contributed by atoms with Crippen molar-refractivity contribution in [3.63, 3.8) is 0 Å². The molecule has 2 nitrogen and oxygen atoms in total. The fourth-order valence-electron chi connectivity index (χ4n) is 2.14. The molecule has 0 bridgehead atoms. The van der Waals surface area contributed by atoms with E-state index in [0.29, 0.717) is 5.75 Å². The molecule has 0 radical (unpaired) electrons. The molecule has 1 aromatic rings. The second-order valence-electron chi connectivity index (χ2n) is 3.96. The van der Waals surface area contributed by atoms with Gasteiger partial charge in [0.25, 0.3) is 0 Å². The van der Waals surface area contributed by atoms with Gasteiger partial charge in [0.05, 0.1) is 0 Å². The normalized spacial score (nSPS) is 21.1. The number of nitrogens with one attached hydrogen (secondary N) is 1. The lowest BCUT2D eigenvalue weighted by Crippen LogP contribution is -2.28. The maximum Gasteiger partial charge on any atom is 0.387 e. The van der Waals surface area contributed by atoms with Crippen molar-refractivity contribution in [1.29, 1.82) is 0 Å². The molecule has 0 aromatic heterocycles. The second-order valence-corrected chi connectivity index (χ2v) is 3.96. The Kier molecular flexibility index (Phi) is 3.72. The molecule has 0 aliphatic carbocycles. The SMILES string of the molecule is FC(F)Oc1ccccc1C1CCCNC1. The van der Waals surface area contributed by atoms with Gasteiger partial charge in [0.2, 0.25) is 0 Å². The van der Waals surface area contributed by atoms with Crippen molar-refractivity contribution in [2.45, 2.75) is 25.4 Å². The van der Waals surface area contributed by atoms with Crippen molar-refractivity contribution >= 4 is 0 Å². The highest BCUT2D eigenvalue weighted by Gasteiger charge is 2.19. The third-order valence-corrected chi connectivity index (χ3v) is 2.87. The number of hydrogen-bond acceptors (Lipinski definition) is 2. The molecule has 1 aliphatic rings. The number of para-hydroxylation sites is 1. The van der Waals surface area contributed by atoms with Gasteiger partial charge in [0.1, 0.15) is 5.75 Å². The maximum atomic E-state index is 12.2. The zero-order valence-electron chi connectivity index (χ0n) is 8.96. The van der Waals surface area contributed by atoms with Crippen molar-refractivity contribution in [2.24, 2.45) is 0 Å². The van der Waals surface area contributed by atoms with Crippen molar-refractivity contribution in [1.82, 2.24) is 5.32 Å². The summed E-state index contributed by atoms with van der Waals surface area (Å²) in [7, 11) is 0. The van der Waals surface area contributed by atoms with E-state index in [4.69, 9.17) is 0 Å². The van der Waals surface area contributed by atoms with E-state index in [1.54, 1.807) is 12.1 Å². The number of alkyl halides is 2. The minimum atomic E-state index is -2.75. The molecule has 1 heterocycles. The van der Waals surface area contributed by atoms with Crippen LogP contribution in [-0.4, -0.2) is 19.7 Å². The van der Waals surface area contributed by atoms with Gasteiger partial charge in [-0.3, -0.25) is 0 Å². The number of piperidine rings is 1. The van der Waals surface area contributed by atoms with E-state index < -0.39 is 6.61 Å². The number of hydrogen-bond donors (Lipinski definition) is 1. The predicted octanol–water partition coefficient (Wildman–Crippen LogP) is 2.75. The molecule has 2 rings (SSSR count). The van der Waals surface area contributed by atoms with E-state index >= 15 is 0 Å². The molecular formula is C12H15F2NO. The summed E-state index contributed by atoms with van der Waals surface area (Å²) in [6.07, 6.45) is 2.10. The molecule has 0 spiro atoms. The van der Waals surface area contributed by atoms with Crippen molar-refractivity contribution in [3.05, 3.63) is 29.8 Å². The summed E-state index contributed by atoms with van der Waals surface area (Å²) in [6, 6.07) is 7.06. The summed E-state index contributed by atoms with van der Waals surface area (Å²) in [5.41, 5.74) is 0.884. The summed E-state index contributed by atoms with van der Waals surface area (Å²) in [5, 5.41) is 3.27. The number of ether oxygens (including phenoxy) is 1. The van der Waals surface area contributed by atoms with E-state index in [1.165, 1.54) is 0 Å². The Labute approximate surface area is 93.6 Å². The van der Waals surface area contributed by atoms with Gasteiger partial charge in [-0.1, -0.05) is 18.2 Å². The molecule has 1 atom stereocenters. The number of halogens is 2. The molecule has 1 aromatic carbocycles. The van der Waals surface area contributed by atoms with E-state index in [0.717, 1.165) is 31.5 Å². The summed E-state index contributed by atoms with van der Waals surface area (Å²) < 4.78 is 29.0. The smallest absolute Gasteiger partial charge is 0.387 e. The van der Waals surface area contributed by atoms with E-state index in [9.17, 15) is 8.78 Å². The molecule has 88 valence electrons. The van der Waals surface area contributed by atoms with Gasteiger partial charge in [-0.05, 0) is 31.0 Å². The van der Waals surface area contributed by atoms with Crippen LogP contribution in [0, 0.1) is 0 Å². The Balaban J connectivity index is 2.17. The lowest BCUT2D eigenvalue weighted by molar-refractivity contribution is -0.0506. The molecule has 1 saturated heterocycles. The van der Waals surface area contributed by atoms with Crippen molar-refractivity contribution < 1.29 is 13.5 Å². The highest BCUT2D eigenvalue weighted by molar-refractivity contribution is 5.36. The zero-order valence-corrected chi connectivity index (χ0v) is 8.96. The molecular weight excluding hydrogens is 212 g/mol. The van der Waals surface area contributed by atoms with Crippen LogP contribution in [-0.2, 0) is 0 Å². The van der Waals surface area contributed by atoms with Gasteiger partial charge in [0, 0.05) is 12.5 Å². The molecule has 0 amide bonds. The lowest BCUT2D eigenvalue weighted by atomic mass is 9.91. The minimum absolute atomic E-state index is 0.281. The summed E-state index contributed by atoms with van der Waals surface area (Å²) in [5.74, 6) is 0.592. The van der Waals surface area contributed by atoms with Crippen LogP contribution in [0.1, 0.15) is 24.3 Å². The van der Waals surface area contributed by atoms with Gasteiger partial charge < -0.3 is 10.1 Å². The van der Waals surface area contributed by atoms with Gasteiger partial charge in [-0.2, -0.15) is 8.78 Å². The highest BCUT2D eigenvalue weighted by atomic mass is 19.3. The molecule has 1 N–H and O–H groups in total. The average molecular weight is 227 g/mol. The Morgan fingerprint density at radius 1 is 1.31 bits per heavy atom. The maximum absolute atomic E-state index is 12.2. The Bertz CT molecular complexity index is 338. The summed E-state index contributed by atoms with van der Waals surface area (Å²) >= 11 is 0. The average Bonchev–Trinajstić information content (AvgIpc) is 2.30. The third kappa shape index (κ3) is 2.70. The second kappa shape index (κ2) is 5.25. The molecule has 1 fully saturated rings. The monoisotopic (exact) mass is 227 g/mol. The van der Waals surface area contributed by atoms with Crippen LogP contribution in [0.15, 0.2) is 24.3 Å². The van der Waals surface area contributed by atoms with Crippen LogP contribution >= 0.6 is 0 Å². The lowest BCUT2D eigenvalue weighted by Gasteiger charge is -2.24. The Morgan fingerprint density at radius 3 is 2.81 bits per heavy atom. The first-order valence-electron chi connectivity index (χ1n) is 5.52. The third-order valence-electron chi connectivity index (χ3n) is 2.87. The van der Waals surface area contributed by atoms with Crippen LogP contribution in [0.25, 0.3) is 0 Å². The van der Waals surface area contributed by atoms with Crippen LogP contribution in [0.5, 0.6) is 5.75 Å². The molecule has 0 saturated carbocycles. The summed E-state index contributed by atoms with van der Waals surface area (Å²) in [4.78, 5) is 0. The fourth-order valence-corrected chi connectivity index (χ4v) is 2.14. The summed E-state index contributed by atoms with van der Waals surface area (Å²) in [6.45, 7) is -0.907. The molecule has 16 heavy (non-hydrogen) atoms. The first-order chi connectivity index (χ1) is 7.77. The predicted molar refractivity (Wildman–Crippen MR) is 57.9 cm³/mol. The van der Waals surface area contributed by atoms with Gasteiger partial charge in [-0.15, -0.1) is 0 Å². The minimum Gasteiger partial charge on any atom is -0.435 e. The van der Waals surface area contributed by atoms with Crippen molar-refractivity contribution in [2.75, 3.05) is 13.1 Å². The zero-order chi connectivity index (χ0) is 11.4. The van der Waals surface area contributed by atoms with Crippen LogP contribution in [0.2, 0.25) is 0 Å². The van der Waals surface area contributed by atoms with Crippen molar-refractivity contribution in [3.8, 4) is 5.75 Å². The van der Waals surface area contributed by atoms with Crippen LogP contribution in [0.3, 0.4) is 0 Å². The largest absolute Gasteiger partial charge is 0.435 e. The van der Waals surface area contributed by atoms with Crippen LogP contribution in [0.4, 0.5) is 8.78 Å². The quantitative estimate of drug-likeness (QED) is 0.857. The van der Waals surface area contributed by atoms with Gasteiger partial charge >= 0.3 is 6.61 Å². The van der Waals surface area contributed by atoms with E-state index in [-0.39, 0.29) is 5.92 Å². The number of rotatable bonds is 3. The van der Waals surface area contributed by atoms with E-state index in [1.807, 2.05) is 12.1 Å². The molecule has 1 aliphatic heterocycles. The van der Waals surface area contributed by atoms with Crippen LogP contribution < -0.4 is 10.1 Å². The number of benzene rings is 1. The Morgan fingerprint density at radius 2 is 2.12 bits per heavy atom. The first kappa shape index (κ1) is 11.3. The molecule has 1 unspecified atom stereocenters. The Hall–Kier alpha value is -1.16. The first-order valence-corrected chi connectivity index (χ1v) is 5.52. The highest BCUT2D eigenvalue weighted by Crippen LogP contribution is 2.31. The molecule has 4 heteroatoms. The topological polar surface area (TPSA) is 21.3 Å². The van der Waals surface area contributed by atoms with Gasteiger partial charge in [0.15, 0.2) is 0 Å². The fraction of sp³-hybridized carbons (Fsp3) is 0.500. The standard InChI is InChI=1S/C12H15F2NO/c13-12(14)16-11-6-2-1-5-10(11)9-4-3-7-15-8-9/h1-2,5-6,9,12,15H,3-4,7-8H2. The van der Waals surface area contributed by atoms with E-state index in [2.05, 4.69) is 10.1 Å². The van der Waals surface area contributed by atoms with Gasteiger partial charge in [-0.25, -0.2) is 0 Å².